The van der Waals surface area contributed by atoms with Crippen molar-refractivity contribution in [1.82, 2.24) is 0 Å². The zero-order valence-corrected chi connectivity index (χ0v) is 10.8. The van der Waals surface area contributed by atoms with Crippen molar-refractivity contribution in [3.63, 3.8) is 0 Å². The maximum atomic E-state index is 10.6. The van der Waals surface area contributed by atoms with Crippen LogP contribution in [0.3, 0.4) is 0 Å². The summed E-state index contributed by atoms with van der Waals surface area (Å²) in [6.07, 6.45) is 5.72. The number of ether oxygens (including phenoxy) is 1. The Morgan fingerprint density at radius 2 is 1.94 bits per heavy atom. The van der Waals surface area contributed by atoms with E-state index in [1.54, 1.807) is 0 Å². The van der Waals surface area contributed by atoms with Crippen LogP contribution < -0.4 is 0 Å². The minimum absolute atomic E-state index is 0.278. The Labute approximate surface area is 109 Å². The van der Waals surface area contributed by atoms with E-state index in [9.17, 15) is 5.11 Å². The summed E-state index contributed by atoms with van der Waals surface area (Å²) in [4.78, 5) is 0. The second kappa shape index (κ2) is 5.41. The lowest BCUT2D eigenvalue weighted by Gasteiger charge is -2.32. The molecule has 3 rings (SSSR count). The van der Waals surface area contributed by atoms with E-state index >= 15 is 0 Å². The Morgan fingerprint density at radius 1 is 1.11 bits per heavy atom. The highest BCUT2D eigenvalue weighted by Gasteiger charge is 2.29. The van der Waals surface area contributed by atoms with Crippen molar-refractivity contribution < 1.29 is 9.84 Å². The monoisotopic (exact) mass is 246 g/mol. The van der Waals surface area contributed by atoms with Crippen molar-refractivity contribution in [2.24, 2.45) is 5.92 Å². The fourth-order valence-corrected chi connectivity index (χ4v) is 3.14. The Balaban J connectivity index is 1.81. The van der Waals surface area contributed by atoms with Crippen molar-refractivity contribution in [2.75, 3.05) is 13.2 Å². The van der Waals surface area contributed by atoms with E-state index in [1.165, 1.54) is 24.8 Å². The van der Waals surface area contributed by atoms with E-state index in [-0.39, 0.29) is 12.0 Å². The lowest BCUT2D eigenvalue weighted by molar-refractivity contribution is -0.0105. The molecule has 2 fully saturated rings. The molecule has 2 atom stereocenters. The summed E-state index contributed by atoms with van der Waals surface area (Å²) in [5.41, 5.74) is 2.53. The van der Waals surface area contributed by atoms with E-state index in [4.69, 9.17) is 4.74 Å². The molecule has 1 aromatic carbocycles. The minimum Gasteiger partial charge on any atom is -0.388 e. The molecule has 1 aromatic rings. The highest BCUT2D eigenvalue weighted by molar-refractivity contribution is 5.33. The van der Waals surface area contributed by atoms with Crippen LogP contribution in [0.1, 0.15) is 55.3 Å². The summed E-state index contributed by atoms with van der Waals surface area (Å²) in [5, 5.41) is 10.6. The summed E-state index contributed by atoms with van der Waals surface area (Å²) >= 11 is 0. The average Bonchev–Trinajstić information content (AvgIpc) is 2.38. The van der Waals surface area contributed by atoms with E-state index in [1.807, 2.05) is 6.07 Å². The summed E-state index contributed by atoms with van der Waals surface area (Å²) < 4.78 is 5.51. The normalized spacial score (nSPS) is 26.6. The van der Waals surface area contributed by atoms with Crippen molar-refractivity contribution in [3.8, 4) is 0 Å². The van der Waals surface area contributed by atoms with Crippen molar-refractivity contribution in [1.29, 1.82) is 0 Å². The van der Waals surface area contributed by atoms with E-state index in [0.717, 1.165) is 25.0 Å². The Morgan fingerprint density at radius 3 is 2.61 bits per heavy atom. The molecule has 0 spiro atoms. The second-order valence-electron chi connectivity index (χ2n) is 5.68. The van der Waals surface area contributed by atoms with Gasteiger partial charge in [-0.05, 0) is 42.7 Å². The van der Waals surface area contributed by atoms with Gasteiger partial charge in [-0.2, -0.15) is 0 Å². The quantitative estimate of drug-likeness (QED) is 0.885. The summed E-state index contributed by atoms with van der Waals surface area (Å²) in [6.45, 7) is 1.56. The minimum atomic E-state index is -0.345. The first-order chi connectivity index (χ1) is 8.86. The zero-order chi connectivity index (χ0) is 12.4. The molecule has 1 heterocycles. The number of hydrogen-bond donors (Lipinski definition) is 1. The molecule has 18 heavy (non-hydrogen) atoms. The maximum Gasteiger partial charge on any atom is 0.0842 e. The average molecular weight is 246 g/mol. The second-order valence-corrected chi connectivity index (χ2v) is 5.68. The van der Waals surface area contributed by atoms with Gasteiger partial charge in [-0.15, -0.1) is 0 Å². The lowest BCUT2D eigenvalue weighted by Crippen LogP contribution is -2.25. The largest absolute Gasteiger partial charge is 0.388 e. The standard InChI is InChI=1S/C16H22O2/c17-16(13-7-4-10-18-11-13)15-9-2-1-8-14(15)12-5-3-6-12/h1-2,8-9,12-13,16-17H,3-7,10-11H2. The molecule has 1 N–H and O–H groups in total. The summed E-state index contributed by atoms with van der Waals surface area (Å²) in [5.74, 6) is 0.959. The molecule has 0 amide bonds. The van der Waals surface area contributed by atoms with Gasteiger partial charge in [0, 0.05) is 12.5 Å². The maximum absolute atomic E-state index is 10.6. The van der Waals surface area contributed by atoms with Gasteiger partial charge in [0.2, 0.25) is 0 Å². The van der Waals surface area contributed by atoms with Crippen molar-refractivity contribution in [3.05, 3.63) is 35.4 Å². The molecule has 0 radical (unpaired) electrons. The lowest BCUT2D eigenvalue weighted by atomic mass is 9.76. The molecule has 1 aliphatic heterocycles. The fourth-order valence-electron chi connectivity index (χ4n) is 3.14. The van der Waals surface area contributed by atoms with Gasteiger partial charge in [0.25, 0.3) is 0 Å². The third kappa shape index (κ3) is 2.32. The Hall–Kier alpha value is -0.860. The van der Waals surface area contributed by atoms with Gasteiger partial charge in [0.15, 0.2) is 0 Å². The van der Waals surface area contributed by atoms with Crippen LogP contribution in [-0.2, 0) is 4.74 Å². The van der Waals surface area contributed by atoms with E-state index < -0.39 is 0 Å². The molecule has 2 heteroatoms. The molecule has 1 saturated carbocycles. The van der Waals surface area contributed by atoms with Crippen LogP contribution in [0.5, 0.6) is 0 Å². The topological polar surface area (TPSA) is 29.5 Å². The van der Waals surface area contributed by atoms with Crippen LogP contribution in [0, 0.1) is 5.92 Å². The molecule has 1 aliphatic carbocycles. The molecule has 0 bridgehead atoms. The first kappa shape index (κ1) is 12.2. The van der Waals surface area contributed by atoms with Gasteiger partial charge in [-0.1, -0.05) is 30.7 Å². The number of hydrogen-bond acceptors (Lipinski definition) is 2. The van der Waals surface area contributed by atoms with Gasteiger partial charge >= 0.3 is 0 Å². The van der Waals surface area contributed by atoms with Crippen LogP contribution in [0.2, 0.25) is 0 Å². The molecule has 1 saturated heterocycles. The van der Waals surface area contributed by atoms with Crippen molar-refractivity contribution >= 4 is 0 Å². The van der Waals surface area contributed by atoms with E-state index in [0.29, 0.717) is 12.5 Å². The SMILES string of the molecule is OC(c1ccccc1C1CCC1)C1CCCOC1. The molecule has 98 valence electrons. The molecular weight excluding hydrogens is 224 g/mol. The number of benzene rings is 1. The predicted molar refractivity (Wildman–Crippen MR) is 71.5 cm³/mol. The molecule has 0 aromatic heterocycles. The zero-order valence-electron chi connectivity index (χ0n) is 10.8. The third-order valence-corrected chi connectivity index (χ3v) is 4.50. The molecule has 2 nitrogen and oxygen atoms in total. The van der Waals surface area contributed by atoms with Crippen LogP contribution in [0.4, 0.5) is 0 Å². The highest BCUT2D eigenvalue weighted by Crippen LogP contribution is 2.41. The highest BCUT2D eigenvalue weighted by atomic mass is 16.5. The smallest absolute Gasteiger partial charge is 0.0842 e. The van der Waals surface area contributed by atoms with Crippen molar-refractivity contribution in [2.45, 2.75) is 44.1 Å². The Kier molecular flexibility index (Phi) is 3.67. The summed E-state index contributed by atoms with van der Waals surface area (Å²) in [6, 6.07) is 8.45. The van der Waals surface area contributed by atoms with Gasteiger partial charge in [-0.25, -0.2) is 0 Å². The van der Waals surface area contributed by atoms with Gasteiger partial charge in [0.05, 0.1) is 12.7 Å². The van der Waals surface area contributed by atoms with Gasteiger partial charge in [-0.3, -0.25) is 0 Å². The number of aliphatic hydroxyl groups excluding tert-OH is 1. The number of rotatable bonds is 3. The molecular formula is C16H22O2. The van der Waals surface area contributed by atoms with Gasteiger partial charge in [0.1, 0.15) is 0 Å². The number of aliphatic hydroxyl groups is 1. The van der Waals surface area contributed by atoms with Gasteiger partial charge < -0.3 is 9.84 Å². The molecule has 2 unspecified atom stereocenters. The van der Waals surface area contributed by atoms with Crippen LogP contribution >= 0.6 is 0 Å². The third-order valence-electron chi connectivity index (χ3n) is 4.50. The molecule has 2 aliphatic rings. The fraction of sp³-hybridized carbons (Fsp3) is 0.625. The van der Waals surface area contributed by atoms with Crippen LogP contribution in [-0.4, -0.2) is 18.3 Å². The van der Waals surface area contributed by atoms with Crippen LogP contribution in [0.15, 0.2) is 24.3 Å². The first-order valence-electron chi connectivity index (χ1n) is 7.21. The summed E-state index contributed by atoms with van der Waals surface area (Å²) in [7, 11) is 0. The van der Waals surface area contributed by atoms with E-state index in [2.05, 4.69) is 18.2 Å². The Bertz CT molecular complexity index is 392. The predicted octanol–water partition coefficient (Wildman–Crippen LogP) is 3.41. The first-order valence-corrected chi connectivity index (χ1v) is 7.21. The van der Waals surface area contributed by atoms with Crippen LogP contribution in [0.25, 0.3) is 0 Å².